The van der Waals surface area contributed by atoms with Gasteiger partial charge in [-0.05, 0) is 43.7 Å². The number of nitrogens with two attached hydrogens (primary N) is 1. The van der Waals surface area contributed by atoms with Gasteiger partial charge in [0.05, 0.1) is 7.11 Å². The summed E-state index contributed by atoms with van der Waals surface area (Å²) in [6, 6.07) is 7.04. The molecule has 1 rings (SSSR count). The molecule has 0 saturated heterocycles. The van der Waals surface area contributed by atoms with Crippen LogP contribution in [0.3, 0.4) is 0 Å². The molecule has 1 aromatic carbocycles. The third kappa shape index (κ3) is 5.56. The number of benzene rings is 1. The second-order valence-electron chi connectivity index (χ2n) is 3.48. The monoisotopic (exact) mass is 258 g/mol. The van der Waals surface area contributed by atoms with Gasteiger partial charge in [-0.1, -0.05) is 0 Å². The summed E-state index contributed by atoms with van der Waals surface area (Å²) in [7, 11) is 1.60. The van der Waals surface area contributed by atoms with Crippen molar-refractivity contribution in [2.45, 2.75) is 12.8 Å². The van der Waals surface area contributed by atoms with Crippen LogP contribution < -0.4 is 15.8 Å². The highest BCUT2D eigenvalue weighted by Gasteiger charge is 2.03. The van der Waals surface area contributed by atoms with E-state index in [4.69, 9.17) is 10.5 Å². The maximum absolute atomic E-state index is 11.6. The van der Waals surface area contributed by atoms with Crippen LogP contribution in [0, 0.1) is 0 Å². The molecule has 0 bridgehead atoms. The lowest BCUT2D eigenvalue weighted by molar-refractivity contribution is 0.0953. The number of carbonyl (C=O) groups is 1. The second-order valence-corrected chi connectivity index (χ2v) is 3.48. The van der Waals surface area contributed by atoms with E-state index in [0.29, 0.717) is 18.7 Å². The number of amides is 1. The number of hydrogen-bond acceptors (Lipinski definition) is 3. The predicted octanol–water partition coefficient (Wildman–Crippen LogP) is 1.59. The van der Waals surface area contributed by atoms with Crippen LogP contribution in [0.25, 0.3) is 0 Å². The normalized spacial score (nSPS) is 9.29. The highest BCUT2D eigenvalue weighted by atomic mass is 35.5. The zero-order valence-electron chi connectivity index (χ0n) is 9.94. The second kappa shape index (κ2) is 8.84. The van der Waals surface area contributed by atoms with E-state index in [2.05, 4.69) is 5.32 Å². The summed E-state index contributed by atoms with van der Waals surface area (Å²) in [6.07, 6.45) is 1.85. The van der Waals surface area contributed by atoms with Crippen molar-refractivity contribution in [1.29, 1.82) is 0 Å². The minimum absolute atomic E-state index is 0. The van der Waals surface area contributed by atoms with Gasteiger partial charge in [-0.25, -0.2) is 0 Å². The van der Waals surface area contributed by atoms with Crippen molar-refractivity contribution in [3.05, 3.63) is 29.8 Å². The van der Waals surface area contributed by atoms with Crippen LogP contribution in [0.15, 0.2) is 24.3 Å². The lowest BCUT2D eigenvalue weighted by atomic mass is 10.2. The molecule has 0 aliphatic heterocycles. The van der Waals surface area contributed by atoms with Crippen molar-refractivity contribution in [3.8, 4) is 5.75 Å². The van der Waals surface area contributed by atoms with Gasteiger partial charge in [0.25, 0.3) is 5.91 Å². The quantitative estimate of drug-likeness (QED) is 0.762. The van der Waals surface area contributed by atoms with Crippen LogP contribution in [0.4, 0.5) is 0 Å². The first-order valence-corrected chi connectivity index (χ1v) is 5.40. The Bertz CT molecular complexity index is 328. The number of unbranched alkanes of at least 4 members (excludes halogenated alkanes) is 1. The van der Waals surface area contributed by atoms with Gasteiger partial charge in [0.1, 0.15) is 5.75 Å². The molecular weight excluding hydrogens is 240 g/mol. The molecule has 1 amide bonds. The van der Waals surface area contributed by atoms with E-state index in [1.165, 1.54) is 0 Å². The van der Waals surface area contributed by atoms with Crippen molar-refractivity contribution >= 4 is 18.3 Å². The number of ether oxygens (including phenoxy) is 1. The fourth-order valence-electron chi connectivity index (χ4n) is 1.32. The number of hydrogen-bond donors (Lipinski definition) is 2. The molecule has 0 unspecified atom stereocenters. The van der Waals surface area contributed by atoms with Crippen LogP contribution in [0.5, 0.6) is 5.75 Å². The van der Waals surface area contributed by atoms with Gasteiger partial charge >= 0.3 is 0 Å². The summed E-state index contributed by atoms with van der Waals surface area (Å²) in [4.78, 5) is 11.6. The lowest BCUT2D eigenvalue weighted by Gasteiger charge is -2.05. The van der Waals surface area contributed by atoms with E-state index < -0.39 is 0 Å². The van der Waals surface area contributed by atoms with Gasteiger partial charge < -0.3 is 15.8 Å². The van der Waals surface area contributed by atoms with Gasteiger partial charge in [-0.2, -0.15) is 0 Å². The topological polar surface area (TPSA) is 64.3 Å². The van der Waals surface area contributed by atoms with E-state index >= 15 is 0 Å². The molecule has 96 valence electrons. The molecule has 1 aromatic rings. The predicted molar refractivity (Wildman–Crippen MR) is 70.9 cm³/mol. The molecule has 0 spiro atoms. The van der Waals surface area contributed by atoms with E-state index in [1.807, 2.05) is 0 Å². The lowest BCUT2D eigenvalue weighted by Crippen LogP contribution is -2.24. The summed E-state index contributed by atoms with van der Waals surface area (Å²) in [6.45, 7) is 1.33. The van der Waals surface area contributed by atoms with Crippen LogP contribution in [-0.2, 0) is 0 Å². The maximum Gasteiger partial charge on any atom is 0.251 e. The van der Waals surface area contributed by atoms with Crippen LogP contribution in [-0.4, -0.2) is 26.1 Å². The van der Waals surface area contributed by atoms with E-state index in [-0.39, 0.29) is 18.3 Å². The number of methoxy groups -OCH3 is 1. The first kappa shape index (κ1) is 15.7. The van der Waals surface area contributed by atoms with Gasteiger partial charge in [0, 0.05) is 12.1 Å². The number of rotatable bonds is 6. The third-order valence-electron chi connectivity index (χ3n) is 2.27. The summed E-state index contributed by atoms with van der Waals surface area (Å²) < 4.78 is 5.02. The Kier molecular flexibility index (Phi) is 8.19. The Hall–Kier alpha value is -1.26. The molecule has 0 heterocycles. The first-order chi connectivity index (χ1) is 7.77. The fraction of sp³-hybridized carbons (Fsp3) is 0.417. The minimum Gasteiger partial charge on any atom is -0.497 e. The fourth-order valence-corrected chi connectivity index (χ4v) is 1.32. The van der Waals surface area contributed by atoms with E-state index in [1.54, 1.807) is 31.4 Å². The molecule has 5 heteroatoms. The molecule has 0 aliphatic carbocycles. The average molecular weight is 259 g/mol. The van der Waals surface area contributed by atoms with Crippen LogP contribution in [0.1, 0.15) is 23.2 Å². The van der Waals surface area contributed by atoms with Crippen molar-refractivity contribution in [3.63, 3.8) is 0 Å². The number of halogens is 1. The van der Waals surface area contributed by atoms with Crippen LogP contribution >= 0.6 is 12.4 Å². The molecule has 0 aromatic heterocycles. The standard InChI is InChI=1S/C12H18N2O2.ClH/c1-16-11-6-4-10(5-7-11)12(15)14-9-3-2-8-13;/h4-7H,2-3,8-9,13H2,1H3,(H,14,15);1H. The van der Waals surface area contributed by atoms with Crippen molar-refractivity contribution in [2.24, 2.45) is 5.73 Å². The van der Waals surface area contributed by atoms with E-state index in [0.717, 1.165) is 18.6 Å². The van der Waals surface area contributed by atoms with Gasteiger partial charge in [0.2, 0.25) is 0 Å². The first-order valence-electron chi connectivity index (χ1n) is 5.40. The molecule has 0 atom stereocenters. The molecule has 3 N–H and O–H groups in total. The number of carbonyl (C=O) groups excluding carboxylic acids is 1. The van der Waals surface area contributed by atoms with Gasteiger partial charge in [0.15, 0.2) is 0 Å². The zero-order chi connectivity index (χ0) is 11.8. The molecule has 0 aliphatic rings. The number of nitrogens with one attached hydrogen (secondary N) is 1. The molecule has 4 nitrogen and oxygen atoms in total. The Labute approximate surface area is 108 Å². The Balaban J connectivity index is 0.00000256. The van der Waals surface area contributed by atoms with Crippen molar-refractivity contribution in [2.75, 3.05) is 20.2 Å². The Morgan fingerprint density at radius 2 is 1.94 bits per heavy atom. The summed E-state index contributed by atoms with van der Waals surface area (Å²) in [5.41, 5.74) is 6.01. The Morgan fingerprint density at radius 1 is 1.29 bits per heavy atom. The highest BCUT2D eigenvalue weighted by molar-refractivity contribution is 5.94. The summed E-state index contributed by atoms with van der Waals surface area (Å²) in [5, 5.41) is 2.84. The highest BCUT2D eigenvalue weighted by Crippen LogP contribution is 2.10. The summed E-state index contributed by atoms with van der Waals surface area (Å²) >= 11 is 0. The largest absolute Gasteiger partial charge is 0.497 e. The average Bonchev–Trinajstić information content (AvgIpc) is 2.34. The third-order valence-corrected chi connectivity index (χ3v) is 2.27. The Morgan fingerprint density at radius 3 is 2.47 bits per heavy atom. The van der Waals surface area contributed by atoms with Crippen LogP contribution in [0.2, 0.25) is 0 Å². The molecular formula is C12H19ClN2O2. The van der Waals surface area contributed by atoms with Gasteiger partial charge in [-0.15, -0.1) is 12.4 Å². The van der Waals surface area contributed by atoms with Crippen molar-refractivity contribution in [1.82, 2.24) is 5.32 Å². The zero-order valence-corrected chi connectivity index (χ0v) is 10.8. The van der Waals surface area contributed by atoms with E-state index in [9.17, 15) is 4.79 Å². The minimum atomic E-state index is -0.0559. The SMILES string of the molecule is COc1ccc(C(=O)NCCCCN)cc1.Cl. The molecule has 0 radical (unpaired) electrons. The van der Waals surface area contributed by atoms with Gasteiger partial charge in [-0.3, -0.25) is 4.79 Å². The molecule has 17 heavy (non-hydrogen) atoms. The molecule has 0 saturated carbocycles. The maximum atomic E-state index is 11.6. The smallest absolute Gasteiger partial charge is 0.251 e. The summed E-state index contributed by atoms with van der Waals surface area (Å²) in [5.74, 6) is 0.694. The van der Waals surface area contributed by atoms with Crippen molar-refractivity contribution < 1.29 is 9.53 Å². The molecule has 0 fully saturated rings.